The van der Waals surface area contributed by atoms with E-state index in [1.807, 2.05) is 0 Å². The van der Waals surface area contributed by atoms with Gasteiger partial charge in [-0.2, -0.15) is 0 Å². The number of carbonyl (C=O) groups excluding carboxylic acids is 2. The molecule has 0 unspecified atom stereocenters. The minimum Gasteiger partial charge on any atom is -0.467 e. The summed E-state index contributed by atoms with van der Waals surface area (Å²) in [4.78, 5) is 27.8. The van der Waals surface area contributed by atoms with Gasteiger partial charge in [0.2, 0.25) is 5.91 Å². The number of halogens is 1. The molecule has 2 heterocycles. The number of rotatable bonds is 7. The van der Waals surface area contributed by atoms with E-state index < -0.39 is 0 Å². The largest absolute Gasteiger partial charge is 0.467 e. The second-order valence-electron chi connectivity index (χ2n) is 7.97. The standard InChI is InChI=1S/C25H26FN3O3/c26-20-9-7-18(8-10-20)17-29-13-11-19(12-14-29)24(30)28-23-6-2-1-5-22(23)25(31)27-16-21-4-3-15-32-21/h1-10,15,19H,11-14,16-17H2,(H,27,31)(H,28,30). The molecular formula is C25H26FN3O3. The van der Waals surface area contributed by atoms with Crippen LogP contribution >= 0.6 is 0 Å². The smallest absolute Gasteiger partial charge is 0.253 e. The predicted octanol–water partition coefficient (Wildman–Crippen LogP) is 4.20. The number of hydrogen-bond acceptors (Lipinski definition) is 4. The quantitative estimate of drug-likeness (QED) is 0.583. The van der Waals surface area contributed by atoms with E-state index in [4.69, 9.17) is 4.42 Å². The molecule has 166 valence electrons. The Hall–Kier alpha value is -3.45. The predicted molar refractivity (Wildman–Crippen MR) is 119 cm³/mol. The first-order valence-corrected chi connectivity index (χ1v) is 10.8. The number of likely N-dealkylation sites (tertiary alicyclic amines) is 1. The van der Waals surface area contributed by atoms with Gasteiger partial charge in [-0.25, -0.2) is 4.39 Å². The maximum atomic E-state index is 13.1. The van der Waals surface area contributed by atoms with Gasteiger partial charge >= 0.3 is 0 Å². The van der Waals surface area contributed by atoms with Crippen LogP contribution in [-0.4, -0.2) is 29.8 Å². The molecule has 32 heavy (non-hydrogen) atoms. The summed E-state index contributed by atoms with van der Waals surface area (Å²) in [5.41, 5.74) is 1.98. The van der Waals surface area contributed by atoms with E-state index in [0.717, 1.165) is 38.0 Å². The number of benzene rings is 2. The lowest BCUT2D eigenvalue weighted by atomic mass is 9.95. The van der Waals surface area contributed by atoms with Gasteiger partial charge in [-0.15, -0.1) is 0 Å². The molecular weight excluding hydrogens is 409 g/mol. The van der Waals surface area contributed by atoms with Crippen LogP contribution in [0.15, 0.2) is 71.3 Å². The number of nitrogens with zero attached hydrogens (tertiary/aromatic N) is 1. The molecule has 4 rings (SSSR count). The molecule has 2 aromatic carbocycles. The third-order valence-corrected chi connectivity index (χ3v) is 5.71. The molecule has 0 atom stereocenters. The molecule has 0 saturated carbocycles. The average molecular weight is 435 g/mol. The van der Waals surface area contributed by atoms with Crippen molar-refractivity contribution in [1.29, 1.82) is 0 Å². The van der Waals surface area contributed by atoms with Crippen LogP contribution in [0.25, 0.3) is 0 Å². The number of hydrogen-bond donors (Lipinski definition) is 2. The fourth-order valence-electron chi connectivity index (χ4n) is 3.90. The number of amides is 2. The van der Waals surface area contributed by atoms with Crippen molar-refractivity contribution in [1.82, 2.24) is 10.2 Å². The summed E-state index contributed by atoms with van der Waals surface area (Å²) in [7, 11) is 0. The SMILES string of the molecule is O=C(NCc1ccco1)c1ccccc1NC(=O)C1CCN(Cc2ccc(F)cc2)CC1. The number of furan rings is 1. The van der Waals surface area contributed by atoms with Gasteiger partial charge in [-0.3, -0.25) is 14.5 Å². The number of carbonyl (C=O) groups is 2. The first kappa shape index (κ1) is 21.8. The Morgan fingerprint density at radius 2 is 1.75 bits per heavy atom. The lowest BCUT2D eigenvalue weighted by molar-refractivity contribution is -0.121. The first-order chi connectivity index (χ1) is 15.6. The molecule has 1 saturated heterocycles. The van der Waals surface area contributed by atoms with Crippen molar-refractivity contribution >= 4 is 17.5 Å². The molecule has 7 heteroatoms. The van der Waals surface area contributed by atoms with Gasteiger partial charge < -0.3 is 15.1 Å². The van der Waals surface area contributed by atoms with E-state index >= 15 is 0 Å². The van der Waals surface area contributed by atoms with E-state index in [2.05, 4.69) is 15.5 Å². The van der Waals surface area contributed by atoms with Crippen molar-refractivity contribution in [3.63, 3.8) is 0 Å². The van der Waals surface area contributed by atoms with Gasteiger partial charge in [-0.1, -0.05) is 24.3 Å². The Bertz CT molecular complexity index is 1040. The molecule has 0 spiro atoms. The summed E-state index contributed by atoms with van der Waals surface area (Å²) < 4.78 is 18.3. The second-order valence-corrected chi connectivity index (χ2v) is 7.97. The molecule has 3 aromatic rings. The highest BCUT2D eigenvalue weighted by atomic mass is 19.1. The van der Waals surface area contributed by atoms with Crippen molar-refractivity contribution in [2.75, 3.05) is 18.4 Å². The monoisotopic (exact) mass is 435 g/mol. The number of nitrogens with one attached hydrogen (secondary N) is 2. The fourth-order valence-corrected chi connectivity index (χ4v) is 3.90. The first-order valence-electron chi connectivity index (χ1n) is 10.8. The summed E-state index contributed by atoms with van der Waals surface area (Å²) in [6.45, 7) is 2.61. The molecule has 0 bridgehead atoms. The molecule has 0 aliphatic carbocycles. The van der Waals surface area contributed by atoms with Crippen molar-refractivity contribution in [2.45, 2.75) is 25.9 Å². The number of piperidine rings is 1. The van der Waals surface area contributed by atoms with E-state index in [1.54, 1.807) is 54.8 Å². The normalized spacial score (nSPS) is 14.8. The summed E-state index contributed by atoms with van der Waals surface area (Å²) >= 11 is 0. The van der Waals surface area contributed by atoms with E-state index in [-0.39, 0.29) is 30.1 Å². The molecule has 1 aromatic heterocycles. The van der Waals surface area contributed by atoms with Crippen LogP contribution in [0.4, 0.5) is 10.1 Å². The van der Waals surface area contributed by atoms with Crippen LogP contribution < -0.4 is 10.6 Å². The van der Waals surface area contributed by atoms with Gasteiger partial charge in [0, 0.05) is 12.5 Å². The highest BCUT2D eigenvalue weighted by molar-refractivity contribution is 6.04. The van der Waals surface area contributed by atoms with Crippen LogP contribution in [0.1, 0.15) is 34.5 Å². The van der Waals surface area contributed by atoms with Crippen molar-refractivity contribution in [3.05, 3.63) is 89.6 Å². The highest BCUT2D eigenvalue weighted by Crippen LogP contribution is 2.23. The fraction of sp³-hybridized carbons (Fsp3) is 0.280. The van der Waals surface area contributed by atoms with Crippen molar-refractivity contribution in [2.24, 2.45) is 5.92 Å². The van der Waals surface area contributed by atoms with Crippen LogP contribution in [0, 0.1) is 11.7 Å². The minimum atomic E-state index is -0.272. The third-order valence-electron chi connectivity index (χ3n) is 5.71. The molecule has 0 radical (unpaired) electrons. The zero-order valence-electron chi connectivity index (χ0n) is 17.7. The summed E-state index contributed by atoms with van der Waals surface area (Å²) in [5, 5.41) is 5.75. The molecule has 2 N–H and O–H groups in total. The third kappa shape index (κ3) is 5.62. The van der Waals surface area contributed by atoms with Gasteiger partial charge in [0.15, 0.2) is 0 Å². The Balaban J connectivity index is 1.30. The summed E-state index contributed by atoms with van der Waals surface area (Å²) in [5.74, 6) is -0.0332. The van der Waals surface area contributed by atoms with E-state index in [9.17, 15) is 14.0 Å². The van der Waals surface area contributed by atoms with Crippen molar-refractivity contribution < 1.29 is 18.4 Å². The Labute approximate surface area is 186 Å². The Kier molecular flexibility index (Phi) is 6.97. The van der Waals surface area contributed by atoms with Gasteiger partial charge in [-0.05, 0) is 67.9 Å². The maximum absolute atomic E-state index is 13.1. The molecule has 1 fully saturated rings. The minimum absolute atomic E-state index is 0.0716. The zero-order valence-corrected chi connectivity index (χ0v) is 17.7. The topological polar surface area (TPSA) is 74.6 Å². The lowest BCUT2D eigenvalue weighted by Crippen LogP contribution is -2.38. The maximum Gasteiger partial charge on any atom is 0.253 e. The van der Waals surface area contributed by atoms with Crippen LogP contribution in [0.3, 0.4) is 0 Å². The van der Waals surface area contributed by atoms with Crippen molar-refractivity contribution in [3.8, 4) is 0 Å². The summed E-state index contributed by atoms with van der Waals surface area (Å²) in [6, 6.07) is 17.1. The van der Waals surface area contributed by atoms with Gasteiger partial charge in [0.05, 0.1) is 24.1 Å². The zero-order chi connectivity index (χ0) is 22.3. The number of anilines is 1. The molecule has 2 amide bonds. The van der Waals surface area contributed by atoms with Gasteiger partial charge in [0.25, 0.3) is 5.91 Å². The van der Waals surface area contributed by atoms with Crippen LogP contribution in [0.2, 0.25) is 0 Å². The highest BCUT2D eigenvalue weighted by Gasteiger charge is 2.26. The molecule has 6 nitrogen and oxygen atoms in total. The van der Waals surface area contributed by atoms with Crippen LogP contribution in [-0.2, 0) is 17.9 Å². The Morgan fingerprint density at radius 1 is 1.00 bits per heavy atom. The second kappa shape index (κ2) is 10.2. The molecule has 1 aliphatic rings. The van der Waals surface area contributed by atoms with E-state index in [1.165, 1.54) is 12.1 Å². The number of para-hydroxylation sites is 1. The molecule has 1 aliphatic heterocycles. The lowest BCUT2D eigenvalue weighted by Gasteiger charge is -2.31. The van der Waals surface area contributed by atoms with Crippen LogP contribution in [0.5, 0.6) is 0 Å². The average Bonchev–Trinajstić information content (AvgIpc) is 3.33. The van der Waals surface area contributed by atoms with Gasteiger partial charge in [0.1, 0.15) is 11.6 Å². The van der Waals surface area contributed by atoms with E-state index in [0.29, 0.717) is 17.0 Å². The summed E-state index contributed by atoms with van der Waals surface area (Å²) in [6.07, 6.45) is 3.03. The Morgan fingerprint density at radius 3 is 2.47 bits per heavy atom.